The smallest absolute Gasteiger partial charge is 0.217 e. The maximum absolute atomic E-state index is 13.8. The molecule has 15 heteroatoms. The molecule has 0 radical (unpaired) electrons. The van der Waals surface area contributed by atoms with Crippen LogP contribution in [0, 0.1) is 0 Å². The van der Waals surface area contributed by atoms with Crippen LogP contribution in [-0.4, -0.2) is 106 Å². The fourth-order valence-corrected chi connectivity index (χ4v) is 3.57. The number of hydrogen-bond donors (Lipinski definition) is 6. The number of azide groups is 1. The zero-order valence-corrected chi connectivity index (χ0v) is 19.2. The molecule has 2 saturated heterocycles. The third kappa shape index (κ3) is 9.38. The standard InChI is InChI=1S/C13H16FN3O4.C8H14FNO5.2CH4/c14-10-9(6-18)21-13(11(12(10)19)16-17-15)20-7-8-4-2-1-3-5-8;1-3(12)10-6-7(13)5(9)4(2-11)15-8(6)14;;/h1-5,9-13,18-19H,6-7H2;4-8,11,13-14H,2H2,1H3,(H,10,12);2*1H4/t9?,10-,11?,12+,13-;4?,5-,6?,7+,8?;;/m11../s1. The van der Waals surface area contributed by atoms with Crippen LogP contribution in [0.3, 0.4) is 0 Å². The van der Waals surface area contributed by atoms with E-state index in [0.29, 0.717) is 0 Å². The second-order valence-corrected chi connectivity index (χ2v) is 8.06. The van der Waals surface area contributed by atoms with Gasteiger partial charge in [0.1, 0.15) is 36.5 Å². The molecule has 38 heavy (non-hydrogen) atoms. The highest BCUT2D eigenvalue weighted by Crippen LogP contribution is 2.27. The zero-order chi connectivity index (χ0) is 26.8. The first-order valence-electron chi connectivity index (χ1n) is 11.0. The van der Waals surface area contributed by atoms with Gasteiger partial charge in [-0.3, -0.25) is 4.79 Å². The van der Waals surface area contributed by atoms with E-state index in [1.54, 1.807) is 0 Å². The van der Waals surface area contributed by atoms with Gasteiger partial charge in [0.25, 0.3) is 0 Å². The number of aliphatic hydroxyl groups excluding tert-OH is 5. The number of benzene rings is 1. The number of carbonyl (C=O) groups excluding carboxylic acids is 1. The second-order valence-electron chi connectivity index (χ2n) is 8.06. The van der Waals surface area contributed by atoms with E-state index in [-0.39, 0.29) is 21.5 Å². The number of nitrogens with zero attached hydrogens (tertiary/aromatic N) is 3. The molecule has 0 saturated carbocycles. The minimum Gasteiger partial charge on any atom is -0.394 e. The Morgan fingerprint density at radius 1 is 1.05 bits per heavy atom. The Kier molecular flexibility index (Phi) is 16.1. The van der Waals surface area contributed by atoms with E-state index in [0.717, 1.165) is 5.56 Å². The van der Waals surface area contributed by atoms with E-state index in [9.17, 15) is 28.9 Å². The molecular weight excluding hydrogens is 514 g/mol. The fraction of sp³-hybridized carbons (Fsp3) is 0.696. The molecule has 3 rings (SSSR count). The van der Waals surface area contributed by atoms with Crippen LogP contribution in [0.15, 0.2) is 35.4 Å². The summed E-state index contributed by atoms with van der Waals surface area (Å²) in [4.78, 5) is 13.3. The largest absolute Gasteiger partial charge is 0.394 e. The highest BCUT2D eigenvalue weighted by molar-refractivity contribution is 5.73. The number of hydrogen-bond acceptors (Lipinski definition) is 10. The minimum absolute atomic E-state index is 0. The van der Waals surface area contributed by atoms with E-state index in [1.807, 2.05) is 30.3 Å². The van der Waals surface area contributed by atoms with E-state index in [2.05, 4.69) is 20.1 Å². The average Bonchev–Trinajstić information content (AvgIpc) is 2.87. The van der Waals surface area contributed by atoms with Crippen molar-refractivity contribution in [1.82, 2.24) is 5.32 Å². The SMILES string of the molecule is C.C.CC(=O)NC1C(O)OC(CO)[C@@H](F)[C@@H]1O.[N-]=[N+]=NC1[C@H](OCc2ccccc2)OC(CO)[C@@H](F)[C@@H]1O. The van der Waals surface area contributed by atoms with Crippen molar-refractivity contribution in [1.29, 1.82) is 0 Å². The molecule has 2 aliphatic rings. The molecule has 13 nitrogen and oxygen atoms in total. The Morgan fingerprint density at radius 2 is 1.61 bits per heavy atom. The number of amides is 1. The summed E-state index contributed by atoms with van der Waals surface area (Å²) in [6, 6.07) is 6.72. The van der Waals surface area contributed by atoms with Gasteiger partial charge in [0.15, 0.2) is 24.9 Å². The Labute approximate surface area is 219 Å². The highest BCUT2D eigenvalue weighted by atomic mass is 19.1. The number of carbonyl (C=O) groups is 1. The van der Waals surface area contributed by atoms with Crippen molar-refractivity contribution in [2.45, 2.75) is 89.8 Å². The maximum atomic E-state index is 13.8. The summed E-state index contributed by atoms with van der Waals surface area (Å²) in [5, 5.41) is 51.8. The number of nitrogens with one attached hydrogen (secondary N) is 1. The molecule has 2 fully saturated rings. The van der Waals surface area contributed by atoms with Crippen LogP contribution >= 0.6 is 0 Å². The van der Waals surface area contributed by atoms with Gasteiger partial charge in [0.05, 0.1) is 19.8 Å². The Balaban J connectivity index is 0.000000720. The summed E-state index contributed by atoms with van der Waals surface area (Å²) in [5.41, 5.74) is 9.36. The van der Waals surface area contributed by atoms with Crippen molar-refractivity contribution in [3.05, 3.63) is 46.3 Å². The number of ether oxygens (including phenoxy) is 3. The Morgan fingerprint density at radius 3 is 2.13 bits per heavy atom. The topological polar surface area (TPSA) is 207 Å². The first-order chi connectivity index (χ1) is 17.1. The molecule has 5 unspecified atom stereocenters. The van der Waals surface area contributed by atoms with Crippen LogP contribution < -0.4 is 5.32 Å². The Bertz CT molecular complexity index is 869. The first kappa shape index (κ1) is 35.5. The fourth-order valence-electron chi connectivity index (χ4n) is 3.57. The minimum atomic E-state index is -1.85. The Hall–Kier alpha value is -2.46. The molecule has 2 heterocycles. The summed E-state index contributed by atoms with van der Waals surface area (Å²) in [6.45, 7) is 0.0596. The van der Waals surface area contributed by atoms with E-state index < -0.39 is 80.5 Å². The van der Waals surface area contributed by atoms with Crippen molar-refractivity contribution in [3.63, 3.8) is 0 Å². The number of aliphatic hydroxyl groups is 5. The lowest BCUT2D eigenvalue weighted by molar-refractivity contribution is -0.257. The van der Waals surface area contributed by atoms with Crippen LogP contribution in [0.5, 0.6) is 0 Å². The molecule has 218 valence electrons. The van der Waals surface area contributed by atoms with Crippen molar-refractivity contribution < 1.29 is 53.3 Å². The summed E-state index contributed by atoms with van der Waals surface area (Å²) < 4.78 is 42.5. The van der Waals surface area contributed by atoms with Gasteiger partial charge in [-0.15, -0.1) is 0 Å². The molecule has 0 aromatic heterocycles. The number of halogens is 2. The van der Waals surface area contributed by atoms with E-state index >= 15 is 0 Å². The second kappa shape index (κ2) is 17.2. The van der Waals surface area contributed by atoms with Crippen LogP contribution in [0.25, 0.3) is 10.4 Å². The lowest BCUT2D eigenvalue weighted by Crippen LogP contribution is -2.62. The lowest BCUT2D eigenvalue weighted by Gasteiger charge is -2.39. The van der Waals surface area contributed by atoms with E-state index in [4.69, 9.17) is 25.2 Å². The molecule has 0 spiro atoms. The molecule has 0 aliphatic carbocycles. The van der Waals surface area contributed by atoms with Crippen LogP contribution in [0.4, 0.5) is 8.78 Å². The monoisotopic (exact) mass is 552 g/mol. The van der Waals surface area contributed by atoms with Crippen molar-refractivity contribution in [2.75, 3.05) is 13.2 Å². The van der Waals surface area contributed by atoms with Gasteiger partial charge in [0.2, 0.25) is 5.91 Å². The molecule has 1 amide bonds. The van der Waals surface area contributed by atoms with Gasteiger partial charge < -0.3 is 45.1 Å². The molecular formula is C23H38F2N4O9. The van der Waals surface area contributed by atoms with Crippen molar-refractivity contribution >= 4 is 5.91 Å². The third-order valence-corrected chi connectivity index (χ3v) is 5.46. The van der Waals surface area contributed by atoms with Crippen molar-refractivity contribution in [3.8, 4) is 0 Å². The van der Waals surface area contributed by atoms with Gasteiger partial charge in [-0.2, -0.15) is 0 Å². The van der Waals surface area contributed by atoms with Crippen LogP contribution in [0.2, 0.25) is 0 Å². The normalized spacial score (nSPS) is 34.2. The highest BCUT2D eigenvalue weighted by Gasteiger charge is 2.46. The summed E-state index contributed by atoms with van der Waals surface area (Å²) in [7, 11) is 0. The summed E-state index contributed by atoms with van der Waals surface area (Å²) in [5.74, 6) is -0.517. The molecule has 1 aromatic carbocycles. The lowest BCUT2D eigenvalue weighted by atomic mass is 9.98. The molecule has 0 bridgehead atoms. The van der Waals surface area contributed by atoms with E-state index in [1.165, 1.54) is 6.92 Å². The third-order valence-electron chi connectivity index (χ3n) is 5.46. The number of rotatable bonds is 7. The summed E-state index contributed by atoms with van der Waals surface area (Å²) in [6.07, 6.45) is -12.0. The molecule has 2 aliphatic heterocycles. The predicted molar refractivity (Wildman–Crippen MR) is 131 cm³/mol. The van der Waals surface area contributed by atoms with Crippen molar-refractivity contribution in [2.24, 2.45) is 5.11 Å². The predicted octanol–water partition coefficient (Wildman–Crippen LogP) is 0.470. The van der Waals surface area contributed by atoms with Gasteiger partial charge in [-0.1, -0.05) is 50.3 Å². The summed E-state index contributed by atoms with van der Waals surface area (Å²) >= 11 is 0. The van der Waals surface area contributed by atoms with Gasteiger partial charge in [0, 0.05) is 11.8 Å². The van der Waals surface area contributed by atoms with Gasteiger partial charge in [-0.05, 0) is 11.1 Å². The van der Waals surface area contributed by atoms with Gasteiger partial charge in [-0.25, -0.2) is 8.78 Å². The zero-order valence-electron chi connectivity index (χ0n) is 19.2. The maximum Gasteiger partial charge on any atom is 0.217 e. The molecule has 6 N–H and O–H groups in total. The molecule has 1 aromatic rings. The van der Waals surface area contributed by atoms with Crippen LogP contribution in [-0.2, 0) is 25.6 Å². The molecule has 10 atom stereocenters. The van der Waals surface area contributed by atoms with Crippen LogP contribution in [0.1, 0.15) is 27.3 Å². The van der Waals surface area contributed by atoms with Gasteiger partial charge >= 0.3 is 0 Å². The quantitative estimate of drug-likeness (QED) is 0.158. The first-order valence-corrected chi connectivity index (χ1v) is 11.0. The number of alkyl halides is 2. The average molecular weight is 553 g/mol.